The van der Waals surface area contributed by atoms with E-state index in [9.17, 15) is 9.59 Å². The van der Waals surface area contributed by atoms with Gasteiger partial charge in [-0.15, -0.1) is 0 Å². The molecule has 194 valence electrons. The summed E-state index contributed by atoms with van der Waals surface area (Å²) in [6, 6.07) is 7.23. The standard InChI is InChI=1S/C16H20N2O.C15H18N2O/c1-10-7-11-8-14-13(4-5-15(19)18-14)16(9-10)12(11)3-2-6-17-16;1-3-11-10-6-9(2)8-15(11,16)12-4-5-14(18)17-13(12)7-10/h4-5,7,11-12,17H,2-3,6,8-9H2,1H3,(H,18,19);3-6,10H,7-8,16H2,1-2H3,(H,17,18)/t11-,12-,16+;10-,15+/m10/s1. The van der Waals surface area contributed by atoms with Gasteiger partial charge in [-0.2, -0.15) is 0 Å². The van der Waals surface area contributed by atoms with E-state index in [1.54, 1.807) is 12.1 Å². The Morgan fingerprint density at radius 1 is 0.919 bits per heavy atom. The Bertz CT molecular complexity index is 1460. The maximum Gasteiger partial charge on any atom is 0.248 e. The number of fused-ring (bicyclic) bond motifs is 5. The van der Waals surface area contributed by atoms with Crippen LogP contribution in [0.25, 0.3) is 0 Å². The van der Waals surface area contributed by atoms with Crippen LogP contribution >= 0.6 is 0 Å². The highest BCUT2D eigenvalue weighted by atomic mass is 16.1. The van der Waals surface area contributed by atoms with Crippen LogP contribution < -0.4 is 22.2 Å². The second-order valence-electron chi connectivity index (χ2n) is 11.9. The lowest BCUT2D eigenvalue weighted by Crippen LogP contribution is -2.58. The van der Waals surface area contributed by atoms with Gasteiger partial charge in [-0.25, -0.2) is 0 Å². The first-order valence-electron chi connectivity index (χ1n) is 13.7. The van der Waals surface area contributed by atoms with Crippen LogP contribution in [0.15, 0.2) is 68.8 Å². The van der Waals surface area contributed by atoms with E-state index in [4.69, 9.17) is 5.73 Å². The molecule has 3 heterocycles. The Labute approximate surface area is 218 Å². The third-order valence-electron chi connectivity index (χ3n) is 9.43. The van der Waals surface area contributed by atoms with Crippen molar-refractivity contribution in [2.75, 3.05) is 6.54 Å². The molecule has 0 saturated carbocycles. The number of aromatic amines is 2. The van der Waals surface area contributed by atoms with Gasteiger partial charge in [-0.1, -0.05) is 29.4 Å². The Morgan fingerprint density at radius 2 is 1.59 bits per heavy atom. The second-order valence-corrected chi connectivity index (χ2v) is 11.9. The summed E-state index contributed by atoms with van der Waals surface area (Å²) in [5.41, 5.74) is 15.0. The van der Waals surface area contributed by atoms with Gasteiger partial charge in [0.25, 0.3) is 0 Å². The first kappa shape index (κ1) is 24.4. The number of allylic oxidation sites excluding steroid dienone is 3. The van der Waals surface area contributed by atoms with Gasteiger partial charge in [0.1, 0.15) is 0 Å². The third-order valence-corrected chi connectivity index (χ3v) is 9.43. The zero-order valence-electron chi connectivity index (χ0n) is 22.1. The Kier molecular flexibility index (Phi) is 5.81. The van der Waals surface area contributed by atoms with Crippen molar-refractivity contribution in [3.05, 3.63) is 102 Å². The van der Waals surface area contributed by atoms with Crippen molar-refractivity contribution in [2.24, 2.45) is 23.5 Å². The number of nitrogens with two attached hydrogens (primary N) is 1. The number of rotatable bonds is 0. The van der Waals surface area contributed by atoms with E-state index >= 15 is 0 Å². The molecule has 6 heteroatoms. The van der Waals surface area contributed by atoms with Crippen molar-refractivity contribution in [3.8, 4) is 0 Å². The molecule has 1 fully saturated rings. The van der Waals surface area contributed by atoms with Crippen LogP contribution in [0.1, 0.15) is 69.0 Å². The van der Waals surface area contributed by atoms with E-state index in [1.807, 2.05) is 6.07 Å². The van der Waals surface area contributed by atoms with Crippen molar-refractivity contribution in [1.82, 2.24) is 15.3 Å². The van der Waals surface area contributed by atoms with Gasteiger partial charge in [0.15, 0.2) is 0 Å². The highest BCUT2D eigenvalue weighted by Gasteiger charge is 2.51. The van der Waals surface area contributed by atoms with Crippen molar-refractivity contribution >= 4 is 0 Å². The number of hydrogen-bond acceptors (Lipinski definition) is 4. The van der Waals surface area contributed by atoms with E-state index in [0.29, 0.717) is 17.8 Å². The van der Waals surface area contributed by atoms with Crippen LogP contribution in [0.4, 0.5) is 0 Å². The lowest BCUT2D eigenvalue weighted by atomic mass is 9.57. The zero-order chi connectivity index (χ0) is 25.9. The van der Waals surface area contributed by atoms with Crippen LogP contribution in [0, 0.1) is 17.8 Å². The number of nitrogens with one attached hydrogen (secondary N) is 3. The Morgan fingerprint density at radius 3 is 2.32 bits per heavy atom. The summed E-state index contributed by atoms with van der Waals surface area (Å²) in [6.07, 6.45) is 13.2. The summed E-state index contributed by atoms with van der Waals surface area (Å²) in [7, 11) is 0. The highest BCUT2D eigenvalue weighted by Crippen LogP contribution is 2.52. The van der Waals surface area contributed by atoms with E-state index < -0.39 is 5.54 Å². The lowest BCUT2D eigenvalue weighted by Gasteiger charge is -2.54. The molecule has 0 aromatic carbocycles. The molecule has 37 heavy (non-hydrogen) atoms. The van der Waals surface area contributed by atoms with Crippen LogP contribution in [0.3, 0.4) is 0 Å². The average Bonchev–Trinajstić information content (AvgIpc) is 2.83. The van der Waals surface area contributed by atoms with E-state index in [2.05, 4.69) is 60.4 Å². The first-order valence-corrected chi connectivity index (χ1v) is 13.7. The highest BCUT2D eigenvalue weighted by molar-refractivity contribution is 5.49. The van der Waals surface area contributed by atoms with Crippen LogP contribution in [-0.2, 0) is 23.9 Å². The number of piperidine rings is 1. The summed E-state index contributed by atoms with van der Waals surface area (Å²) in [4.78, 5) is 29.1. The summed E-state index contributed by atoms with van der Waals surface area (Å²) in [6.45, 7) is 7.53. The normalized spacial score (nSPS) is 34.2. The fourth-order valence-electron chi connectivity index (χ4n) is 8.26. The quantitative estimate of drug-likeness (QED) is 0.411. The fourth-order valence-corrected chi connectivity index (χ4v) is 8.26. The second kappa shape index (κ2) is 8.81. The third kappa shape index (κ3) is 3.84. The molecule has 5 atom stereocenters. The smallest absolute Gasteiger partial charge is 0.248 e. The van der Waals surface area contributed by atoms with E-state index in [-0.39, 0.29) is 16.7 Å². The summed E-state index contributed by atoms with van der Waals surface area (Å²) >= 11 is 0. The number of H-pyrrole nitrogens is 2. The molecule has 2 aromatic rings. The van der Waals surface area contributed by atoms with Gasteiger partial charge in [-0.3, -0.25) is 9.59 Å². The molecule has 0 unspecified atom stereocenters. The molecular weight excluding hydrogens is 460 g/mol. The maximum atomic E-state index is 11.6. The number of aromatic nitrogens is 2. The molecular formula is C31H38N4O2. The van der Waals surface area contributed by atoms with Crippen LogP contribution in [-0.4, -0.2) is 16.5 Å². The fraction of sp³-hybridized carbons (Fsp3) is 0.484. The molecule has 1 aliphatic heterocycles. The average molecular weight is 499 g/mol. The number of hydrogen-bond donors (Lipinski definition) is 4. The molecule has 0 amide bonds. The predicted molar refractivity (Wildman–Crippen MR) is 147 cm³/mol. The maximum absolute atomic E-state index is 11.6. The molecule has 7 rings (SSSR count). The molecule has 6 nitrogen and oxygen atoms in total. The Hall–Kier alpha value is -2.96. The molecule has 2 aromatic heterocycles. The van der Waals surface area contributed by atoms with E-state index in [1.165, 1.54) is 35.1 Å². The lowest BCUT2D eigenvalue weighted by molar-refractivity contribution is 0.0883. The van der Waals surface area contributed by atoms with Crippen molar-refractivity contribution in [1.29, 1.82) is 0 Å². The van der Waals surface area contributed by atoms with Crippen molar-refractivity contribution in [3.63, 3.8) is 0 Å². The monoisotopic (exact) mass is 498 g/mol. The summed E-state index contributed by atoms with van der Waals surface area (Å²) in [5.74, 6) is 1.62. The summed E-state index contributed by atoms with van der Waals surface area (Å²) < 4.78 is 0. The van der Waals surface area contributed by atoms with Gasteiger partial charge in [0.2, 0.25) is 11.1 Å². The van der Waals surface area contributed by atoms with Gasteiger partial charge in [0.05, 0.1) is 11.1 Å². The van der Waals surface area contributed by atoms with Crippen LogP contribution in [0.2, 0.25) is 0 Å². The first-order chi connectivity index (χ1) is 17.7. The largest absolute Gasteiger partial charge is 0.326 e. The molecule has 0 radical (unpaired) electrons. The topological polar surface area (TPSA) is 104 Å². The van der Waals surface area contributed by atoms with E-state index in [0.717, 1.165) is 49.2 Å². The number of pyridine rings is 2. The Balaban J connectivity index is 0.000000136. The van der Waals surface area contributed by atoms with Gasteiger partial charge >= 0.3 is 0 Å². The van der Waals surface area contributed by atoms with Crippen LogP contribution in [0.5, 0.6) is 0 Å². The SMILES string of the molecule is CC1=C[C@@H]2Cc3[nH]c(=O)ccc3[C@@]3(C1)NCCC[C@H]23.CC=C1[C@H]2C=C(C)C[C@]1(N)c1ccc(=O)[nH]c1C2. The molecule has 4 aliphatic carbocycles. The molecule has 5 aliphatic rings. The zero-order valence-corrected chi connectivity index (χ0v) is 22.1. The van der Waals surface area contributed by atoms with Gasteiger partial charge < -0.3 is 21.0 Å². The molecule has 4 bridgehead atoms. The minimum Gasteiger partial charge on any atom is -0.326 e. The van der Waals surface area contributed by atoms with Gasteiger partial charge in [-0.05, 0) is 107 Å². The predicted octanol–water partition coefficient (Wildman–Crippen LogP) is 4.09. The minimum absolute atomic E-state index is 0.0307. The molecule has 0 spiro atoms. The van der Waals surface area contributed by atoms with Gasteiger partial charge in [0, 0.05) is 29.4 Å². The molecule has 5 N–H and O–H groups in total. The van der Waals surface area contributed by atoms with Crippen molar-refractivity contribution in [2.45, 2.75) is 70.4 Å². The summed E-state index contributed by atoms with van der Waals surface area (Å²) in [5, 5.41) is 3.81. The minimum atomic E-state index is -0.434. The molecule has 1 saturated heterocycles. The van der Waals surface area contributed by atoms with Crippen molar-refractivity contribution < 1.29 is 0 Å².